The minimum absolute atomic E-state index is 0.0259. The Bertz CT molecular complexity index is 651. The van der Waals surface area contributed by atoms with Crippen LogP contribution in [0.4, 0.5) is 0 Å². The fraction of sp³-hybridized carbons (Fsp3) is 0.737. The highest BCUT2D eigenvalue weighted by atomic mass is 16.2. The molecule has 4 rings (SSSR count). The molecule has 4 heteroatoms. The number of ketones is 2. The summed E-state index contributed by atoms with van der Waals surface area (Å²) >= 11 is 0. The highest BCUT2D eigenvalue weighted by Gasteiger charge is 2.62. The zero-order chi connectivity index (χ0) is 16.6. The van der Waals surface area contributed by atoms with E-state index in [4.69, 9.17) is 0 Å². The lowest BCUT2D eigenvalue weighted by Crippen LogP contribution is -2.57. The number of hydrogen-bond donors (Lipinski definition) is 0. The number of Topliss-reactive ketones (excluding diaryl/α,β-unsaturated/α-hetero) is 2. The van der Waals surface area contributed by atoms with Crippen molar-refractivity contribution in [3.63, 3.8) is 0 Å². The van der Waals surface area contributed by atoms with Gasteiger partial charge in [-0.3, -0.25) is 14.4 Å². The lowest BCUT2D eigenvalue weighted by molar-refractivity contribution is -0.152. The number of amides is 1. The number of hydrogen-bond acceptors (Lipinski definition) is 3. The van der Waals surface area contributed by atoms with Crippen LogP contribution in [0.3, 0.4) is 0 Å². The lowest BCUT2D eigenvalue weighted by atomic mass is 9.49. The quantitative estimate of drug-likeness (QED) is 0.690. The Hall–Kier alpha value is -1.45. The van der Waals surface area contributed by atoms with Crippen molar-refractivity contribution in [2.24, 2.45) is 28.6 Å². The molecule has 4 nitrogen and oxygen atoms in total. The van der Waals surface area contributed by atoms with Crippen LogP contribution in [0.1, 0.15) is 52.4 Å². The van der Waals surface area contributed by atoms with Crippen LogP contribution in [-0.4, -0.2) is 29.4 Å². The molecule has 0 N–H and O–H groups in total. The maximum atomic E-state index is 13.1. The van der Waals surface area contributed by atoms with Gasteiger partial charge in [-0.2, -0.15) is 0 Å². The second kappa shape index (κ2) is 4.55. The topological polar surface area (TPSA) is 54.5 Å². The van der Waals surface area contributed by atoms with Gasteiger partial charge in [-0.1, -0.05) is 19.9 Å². The van der Waals surface area contributed by atoms with E-state index in [0.717, 1.165) is 25.0 Å². The standard InChI is InChI=1S/C19H25NO3/c1-18-9-8-16(23)20(3)14(18)6-4-11-12-5-7-15(22)19(12,2)10-13(21)17(11)18/h6,11-12,17H,4-5,7-10H2,1-3H3/t11?,12-,17+,18?,19?/m0/s1. The van der Waals surface area contributed by atoms with Crippen LogP contribution in [-0.2, 0) is 14.4 Å². The molecule has 3 fully saturated rings. The molecule has 0 bridgehead atoms. The molecule has 5 atom stereocenters. The number of fused-ring (bicyclic) bond motifs is 5. The van der Waals surface area contributed by atoms with Gasteiger partial charge >= 0.3 is 0 Å². The molecule has 1 heterocycles. The molecule has 0 aromatic carbocycles. The average molecular weight is 315 g/mol. The summed E-state index contributed by atoms with van der Waals surface area (Å²) < 4.78 is 0. The summed E-state index contributed by atoms with van der Waals surface area (Å²) in [6.45, 7) is 4.18. The average Bonchev–Trinajstić information content (AvgIpc) is 2.78. The summed E-state index contributed by atoms with van der Waals surface area (Å²) in [5.41, 5.74) is 0.364. The van der Waals surface area contributed by atoms with E-state index in [2.05, 4.69) is 13.0 Å². The molecular weight excluding hydrogens is 290 g/mol. The van der Waals surface area contributed by atoms with Crippen molar-refractivity contribution in [3.8, 4) is 0 Å². The Labute approximate surface area is 137 Å². The first kappa shape index (κ1) is 15.1. The van der Waals surface area contributed by atoms with Gasteiger partial charge in [0.15, 0.2) is 0 Å². The van der Waals surface area contributed by atoms with E-state index in [-0.39, 0.29) is 34.7 Å². The third kappa shape index (κ3) is 1.75. The molecule has 2 saturated carbocycles. The van der Waals surface area contributed by atoms with Crippen molar-refractivity contribution in [2.45, 2.75) is 52.4 Å². The lowest BCUT2D eigenvalue weighted by Gasteiger charge is -2.56. The molecule has 0 aromatic heterocycles. The number of rotatable bonds is 0. The predicted molar refractivity (Wildman–Crippen MR) is 85.3 cm³/mol. The molecule has 1 aliphatic heterocycles. The molecule has 23 heavy (non-hydrogen) atoms. The van der Waals surface area contributed by atoms with E-state index in [1.54, 1.807) is 4.90 Å². The first-order valence-corrected chi connectivity index (χ1v) is 8.82. The Balaban J connectivity index is 1.79. The third-order valence-electron chi connectivity index (χ3n) is 7.42. The summed E-state index contributed by atoms with van der Waals surface area (Å²) in [6, 6.07) is 0. The van der Waals surface area contributed by atoms with Gasteiger partial charge in [0, 0.05) is 48.8 Å². The summed E-state index contributed by atoms with van der Waals surface area (Å²) in [6.07, 6.45) is 6.24. The monoisotopic (exact) mass is 315 g/mol. The van der Waals surface area contributed by atoms with Crippen molar-refractivity contribution < 1.29 is 14.4 Å². The van der Waals surface area contributed by atoms with Crippen molar-refractivity contribution in [2.75, 3.05) is 7.05 Å². The Morgan fingerprint density at radius 2 is 1.87 bits per heavy atom. The van der Waals surface area contributed by atoms with E-state index < -0.39 is 5.41 Å². The normalized spacial score (nSPS) is 46.2. The van der Waals surface area contributed by atoms with Gasteiger partial charge in [0.1, 0.15) is 11.6 Å². The first-order chi connectivity index (χ1) is 10.8. The van der Waals surface area contributed by atoms with Crippen LogP contribution in [0, 0.1) is 28.6 Å². The van der Waals surface area contributed by atoms with Gasteiger partial charge in [0.05, 0.1) is 0 Å². The minimum atomic E-state index is -0.434. The number of likely N-dealkylation sites (tertiary alicyclic amines) is 1. The largest absolute Gasteiger partial charge is 0.319 e. The highest BCUT2D eigenvalue weighted by molar-refractivity contribution is 5.96. The number of carbonyl (C=O) groups excluding carboxylic acids is 3. The summed E-state index contributed by atoms with van der Waals surface area (Å²) in [5, 5.41) is 0. The highest BCUT2D eigenvalue weighted by Crippen LogP contribution is 2.62. The molecule has 1 amide bonds. The minimum Gasteiger partial charge on any atom is -0.319 e. The van der Waals surface area contributed by atoms with E-state index in [0.29, 0.717) is 25.2 Å². The maximum absolute atomic E-state index is 13.1. The molecule has 124 valence electrons. The van der Waals surface area contributed by atoms with Crippen molar-refractivity contribution in [1.82, 2.24) is 4.90 Å². The second-order valence-corrected chi connectivity index (χ2v) is 8.47. The molecule has 0 spiro atoms. The smallest absolute Gasteiger partial charge is 0.226 e. The van der Waals surface area contributed by atoms with E-state index >= 15 is 0 Å². The van der Waals surface area contributed by atoms with E-state index in [9.17, 15) is 14.4 Å². The second-order valence-electron chi connectivity index (χ2n) is 8.47. The van der Waals surface area contributed by atoms with Gasteiger partial charge < -0.3 is 4.90 Å². The van der Waals surface area contributed by atoms with Gasteiger partial charge in [0.2, 0.25) is 5.91 Å². The van der Waals surface area contributed by atoms with Crippen LogP contribution in [0.5, 0.6) is 0 Å². The molecular formula is C19H25NO3. The summed E-state index contributed by atoms with van der Waals surface area (Å²) in [5.74, 6) is 1.25. The summed E-state index contributed by atoms with van der Waals surface area (Å²) in [4.78, 5) is 39.3. The Morgan fingerprint density at radius 3 is 2.61 bits per heavy atom. The fourth-order valence-electron chi connectivity index (χ4n) is 6.20. The SMILES string of the molecule is CN1C(=O)CCC2(C)C1=CCC1[C@@H]3CCC(=O)C3(C)CC(=O)[C@@H]12. The molecule has 0 aromatic rings. The van der Waals surface area contributed by atoms with Crippen molar-refractivity contribution >= 4 is 17.5 Å². The van der Waals surface area contributed by atoms with Crippen LogP contribution in [0.25, 0.3) is 0 Å². The number of piperidine rings is 1. The summed E-state index contributed by atoms with van der Waals surface area (Å²) in [7, 11) is 1.84. The van der Waals surface area contributed by atoms with Gasteiger partial charge in [-0.15, -0.1) is 0 Å². The van der Waals surface area contributed by atoms with Crippen LogP contribution >= 0.6 is 0 Å². The molecule has 4 aliphatic rings. The molecule has 3 aliphatic carbocycles. The van der Waals surface area contributed by atoms with Crippen molar-refractivity contribution in [1.29, 1.82) is 0 Å². The molecule has 0 radical (unpaired) electrons. The Morgan fingerprint density at radius 1 is 1.13 bits per heavy atom. The van der Waals surface area contributed by atoms with Gasteiger partial charge in [-0.25, -0.2) is 0 Å². The predicted octanol–water partition coefficient (Wildman–Crippen LogP) is 2.72. The van der Waals surface area contributed by atoms with Crippen molar-refractivity contribution in [3.05, 3.63) is 11.8 Å². The zero-order valence-corrected chi connectivity index (χ0v) is 14.2. The number of carbonyl (C=O) groups is 3. The molecule has 3 unspecified atom stereocenters. The van der Waals surface area contributed by atoms with E-state index in [1.807, 2.05) is 14.0 Å². The van der Waals surface area contributed by atoms with Gasteiger partial charge in [-0.05, 0) is 31.1 Å². The maximum Gasteiger partial charge on any atom is 0.226 e. The van der Waals surface area contributed by atoms with E-state index in [1.165, 1.54) is 0 Å². The third-order valence-corrected chi connectivity index (χ3v) is 7.42. The molecule has 1 saturated heterocycles. The number of allylic oxidation sites excluding steroid dienone is 2. The van der Waals surface area contributed by atoms with Crippen LogP contribution < -0.4 is 0 Å². The zero-order valence-electron chi connectivity index (χ0n) is 14.2. The fourth-order valence-corrected chi connectivity index (χ4v) is 6.20. The van der Waals surface area contributed by atoms with Crippen LogP contribution in [0.2, 0.25) is 0 Å². The number of nitrogens with zero attached hydrogens (tertiary/aromatic N) is 1. The van der Waals surface area contributed by atoms with Crippen LogP contribution in [0.15, 0.2) is 11.8 Å². The van der Waals surface area contributed by atoms with Gasteiger partial charge in [0.25, 0.3) is 0 Å². The Kier molecular flexibility index (Phi) is 2.99. The first-order valence-electron chi connectivity index (χ1n) is 8.82.